The van der Waals surface area contributed by atoms with E-state index >= 15 is 0 Å². The van der Waals surface area contributed by atoms with Crippen LogP contribution in [-0.2, 0) is 4.74 Å². The lowest BCUT2D eigenvalue weighted by molar-refractivity contribution is 0.163. The Kier molecular flexibility index (Phi) is 5.80. The third-order valence-electron chi connectivity index (χ3n) is 6.25. The molecule has 1 N–H and O–H groups in total. The van der Waals surface area contributed by atoms with Gasteiger partial charge in [-0.25, -0.2) is 19.7 Å². The number of aromatic nitrogens is 6. The van der Waals surface area contributed by atoms with Crippen LogP contribution < -0.4 is 11.2 Å². The molecule has 1 aliphatic rings. The number of nitrogens with one attached hydrogen (secondary N) is 1. The molecule has 0 unspecified atom stereocenters. The highest BCUT2D eigenvalue weighted by Gasteiger charge is 2.25. The Balaban J connectivity index is 1.64. The first kappa shape index (κ1) is 22.4. The van der Waals surface area contributed by atoms with E-state index in [2.05, 4.69) is 31.4 Å². The normalized spacial score (nSPS) is 14.3. The molecule has 1 aliphatic heterocycles. The third kappa shape index (κ3) is 4.04. The minimum atomic E-state index is -0.504. The van der Waals surface area contributed by atoms with Crippen molar-refractivity contribution in [3.63, 3.8) is 0 Å². The van der Waals surface area contributed by atoms with Crippen LogP contribution in [0, 0.1) is 11.3 Å². The predicted octanol–water partition coefficient (Wildman–Crippen LogP) is 1.76. The third-order valence-corrected chi connectivity index (χ3v) is 6.25. The summed E-state index contributed by atoms with van der Waals surface area (Å²) in [7, 11) is 1.63. The Morgan fingerprint density at radius 2 is 1.94 bits per heavy atom. The summed E-state index contributed by atoms with van der Waals surface area (Å²) in [5.74, 6) is 0.0570. The first-order valence-corrected chi connectivity index (χ1v) is 11.1. The lowest BCUT2D eigenvalue weighted by atomic mass is 10.0. The number of pyridine rings is 2. The van der Waals surface area contributed by atoms with Crippen LogP contribution in [-0.4, -0.2) is 61.2 Å². The Bertz CT molecular complexity index is 1590. The van der Waals surface area contributed by atoms with Gasteiger partial charge in [-0.15, -0.1) is 0 Å². The number of nitrogens with zero attached hydrogens (tertiary/aromatic N) is 7. The predicted molar refractivity (Wildman–Crippen MR) is 129 cm³/mol. The van der Waals surface area contributed by atoms with Crippen LogP contribution in [0.5, 0.6) is 0 Å². The first-order chi connectivity index (χ1) is 17.0. The molecule has 5 heterocycles. The zero-order chi connectivity index (χ0) is 24.5. The number of rotatable bonds is 5. The van der Waals surface area contributed by atoms with Gasteiger partial charge in [-0.05, 0) is 25.0 Å². The van der Waals surface area contributed by atoms with Gasteiger partial charge in [-0.2, -0.15) is 5.26 Å². The number of fused-ring (bicyclic) bond motifs is 3. The van der Waals surface area contributed by atoms with E-state index < -0.39 is 11.2 Å². The van der Waals surface area contributed by atoms with Crippen LogP contribution >= 0.6 is 0 Å². The molecule has 11 nitrogen and oxygen atoms in total. The van der Waals surface area contributed by atoms with E-state index in [0.29, 0.717) is 65.7 Å². The number of H-pyrrole nitrogens is 1. The van der Waals surface area contributed by atoms with Gasteiger partial charge >= 0.3 is 5.69 Å². The molecule has 1 fully saturated rings. The molecule has 0 aromatic carbocycles. The molecule has 0 saturated carbocycles. The minimum absolute atomic E-state index is 0.0570. The standard InChI is InChI=1S/C24H22N8O3/c1-14(13-35-2)31-7-5-16(6-8-31)32-22-17(23(33)30-24(32)34)12-26-19-4-3-18(29-21(19)22)15-10-27-20(9-25)28-11-15/h3-4,10-12,16H,1,5-8,13H2,2H3,(H,30,33,34). The molecule has 4 aromatic rings. The Hall–Kier alpha value is -4.43. The van der Waals surface area contributed by atoms with Gasteiger partial charge in [0.1, 0.15) is 11.6 Å². The van der Waals surface area contributed by atoms with E-state index in [1.165, 1.54) is 18.6 Å². The quantitative estimate of drug-likeness (QED) is 0.432. The van der Waals surface area contributed by atoms with Crippen molar-refractivity contribution in [2.75, 3.05) is 26.8 Å². The number of hydrogen-bond donors (Lipinski definition) is 1. The van der Waals surface area contributed by atoms with Crippen molar-refractivity contribution in [3.05, 3.63) is 69.7 Å². The highest BCUT2D eigenvalue weighted by molar-refractivity contribution is 6.01. The maximum absolute atomic E-state index is 13.1. The molecule has 11 heteroatoms. The molecule has 0 atom stereocenters. The molecule has 1 saturated heterocycles. The summed E-state index contributed by atoms with van der Waals surface area (Å²) in [5, 5.41) is 9.26. The molecular formula is C24H22N8O3. The number of methoxy groups -OCH3 is 1. The van der Waals surface area contributed by atoms with E-state index in [4.69, 9.17) is 15.0 Å². The molecule has 0 amide bonds. The number of piperidine rings is 1. The van der Waals surface area contributed by atoms with Crippen molar-refractivity contribution < 1.29 is 4.74 Å². The van der Waals surface area contributed by atoms with E-state index in [1.807, 2.05) is 6.07 Å². The van der Waals surface area contributed by atoms with E-state index in [9.17, 15) is 9.59 Å². The van der Waals surface area contributed by atoms with Crippen molar-refractivity contribution in [1.29, 1.82) is 5.26 Å². The molecule has 35 heavy (non-hydrogen) atoms. The second kappa shape index (κ2) is 9.08. The Morgan fingerprint density at radius 1 is 1.20 bits per heavy atom. The average molecular weight is 470 g/mol. The summed E-state index contributed by atoms with van der Waals surface area (Å²) < 4.78 is 6.83. The molecule has 176 valence electrons. The highest BCUT2D eigenvalue weighted by Crippen LogP contribution is 2.29. The van der Waals surface area contributed by atoms with Gasteiger partial charge in [0.15, 0.2) is 0 Å². The summed E-state index contributed by atoms with van der Waals surface area (Å²) in [5.41, 5.74) is 2.52. The molecule has 0 spiro atoms. The van der Waals surface area contributed by atoms with Gasteiger partial charge in [-0.1, -0.05) is 6.58 Å². The summed E-state index contributed by atoms with van der Waals surface area (Å²) in [6.45, 7) is 5.95. The second-order valence-corrected chi connectivity index (χ2v) is 8.34. The smallest absolute Gasteiger partial charge is 0.329 e. The fraction of sp³-hybridized carbons (Fsp3) is 0.292. The van der Waals surface area contributed by atoms with Gasteiger partial charge in [0, 0.05) is 56.1 Å². The maximum Gasteiger partial charge on any atom is 0.329 e. The molecular weight excluding hydrogens is 448 g/mol. The van der Waals surface area contributed by atoms with Crippen LogP contribution in [0.15, 0.2) is 52.6 Å². The lowest BCUT2D eigenvalue weighted by Crippen LogP contribution is -2.40. The van der Waals surface area contributed by atoms with Crippen LogP contribution in [0.4, 0.5) is 0 Å². The van der Waals surface area contributed by atoms with Crippen LogP contribution in [0.3, 0.4) is 0 Å². The zero-order valence-electron chi connectivity index (χ0n) is 19.1. The average Bonchev–Trinajstić information content (AvgIpc) is 2.89. The summed E-state index contributed by atoms with van der Waals surface area (Å²) in [6.07, 6.45) is 5.89. The second-order valence-electron chi connectivity index (χ2n) is 8.34. The number of likely N-dealkylation sites (tertiary alicyclic amines) is 1. The summed E-state index contributed by atoms with van der Waals surface area (Å²) in [4.78, 5) is 47.6. The summed E-state index contributed by atoms with van der Waals surface area (Å²) in [6, 6.07) is 5.30. The molecule has 0 radical (unpaired) electrons. The van der Waals surface area contributed by atoms with Gasteiger partial charge in [0.2, 0.25) is 5.82 Å². The molecule has 0 bridgehead atoms. The molecule has 0 aliphatic carbocycles. The zero-order valence-corrected chi connectivity index (χ0v) is 19.1. The molecule has 5 rings (SSSR count). The van der Waals surface area contributed by atoms with E-state index in [1.54, 1.807) is 23.8 Å². The van der Waals surface area contributed by atoms with Crippen LogP contribution in [0.25, 0.3) is 33.2 Å². The van der Waals surface area contributed by atoms with Gasteiger partial charge < -0.3 is 9.64 Å². The highest BCUT2D eigenvalue weighted by atomic mass is 16.5. The van der Waals surface area contributed by atoms with Crippen molar-refractivity contribution in [1.82, 2.24) is 34.4 Å². The van der Waals surface area contributed by atoms with Crippen molar-refractivity contribution in [3.8, 4) is 17.3 Å². The first-order valence-electron chi connectivity index (χ1n) is 11.1. The SMILES string of the molecule is C=C(COC)N1CCC(n2c(=O)[nH]c(=O)c3cnc4ccc(-c5cnc(C#N)nc5)nc4c32)CC1. The van der Waals surface area contributed by atoms with Gasteiger partial charge in [0.25, 0.3) is 5.56 Å². The lowest BCUT2D eigenvalue weighted by Gasteiger charge is -2.35. The van der Waals surface area contributed by atoms with Crippen LogP contribution in [0.2, 0.25) is 0 Å². The van der Waals surface area contributed by atoms with E-state index in [0.717, 1.165) is 5.70 Å². The number of aromatic amines is 1. The fourth-order valence-corrected chi connectivity index (χ4v) is 4.51. The van der Waals surface area contributed by atoms with Crippen molar-refractivity contribution >= 4 is 21.9 Å². The minimum Gasteiger partial charge on any atom is -0.379 e. The van der Waals surface area contributed by atoms with Gasteiger partial charge in [-0.3, -0.25) is 19.3 Å². The number of ether oxygens (including phenoxy) is 1. The fourth-order valence-electron chi connectivity index (χ4n) is 4.51. The van der Waals surface area contributed by atoms with Crippen molar-refractivity contribution in [2.24, 2.45) is 0 Å². The van der Waals surface area contributed by atoms with E-state index in [-0.39, 0.29) is 11.9 Å². The van der Waals surface area contributed by atoms with Crippen LogP contribution in [0.1, 0.15) is 24.7 Å². The number of hydrogen-bond acceptors (Lipinski definition) is 9. The molecule has 4 aromatic heterocycles. The summed E-state index contributed by atoms with van der Waals surface area (Å²) >= 11 is 0. The van der Waals surface area contributed by atoms with Gasteiger partial charge in [0.05, 0.1) is 28.7 Å². The number of nitriles is 1. The Morgan fingerprint density at radius 3 is 2.63 bits per heavy atom. The van der Waals surface area contributed by atoms with Crippen molar-refractivity contribution in [2.45, 2.75) is 18.9 Å². The Labute approximate surface area is 199 Å². The maximum atomic E-state index is 13.1. The largest absolute Gasteiger partial charge is 0.379 e. The topological polar surface area (TPSA) is 143 Å². The monoisotopic (exact) mass is 470 g/mol.